The van der Waals surface area contributed by atoms with E-state index in [9.17, 15) is 9.59 Å². The maximum absolute atomic E-state index is 11.9. The minimum Gasteiger partial charge on any atom is -0.321 e. The number of carbonyl (C=O) groups is 2. The van der Waals surface area contributed by atoms with Gasteiger partial charge >= 0.3 is 0 Å². The Bertz CT molecular complexity index is 635. The van der Waals surface area contributed by atoms with Crippen LogP contribution in [0.25, 0.3) is 0 Å². The second-order valence-electron chi connectivity index (χ2n) is 4.98. The van der Waals surface area contributed by atoms with Crippen molar-refractivity contribution < 1.29 is 9.59 Å². The number of nitrogens with zero attached hydrogens (tertiary/aromatic N) is 1. The van der Waals surface area contributed by atoms with Crippen LogP contribution in [0.1, 0.15) is 28.9 Å². The van der Waals surface area contributed by atoms with Gasteiger partial charge in [-0.05, 0) is 48.6 Å². The highest BCUT2D eigenvalue weighted by atomic mass is 32.1. The Labute approximate surface area is 127 Å². The van der Waals surface area contributed by atoms with Crippen LogP contribution < -0.4 is 10.2 Å². The molecule has 0 saturated carbocycles. The zero-order valence-electron chi connectivity index (χ0n) is 11.5. The van der Waals surface area contributed by atoms with Crippen LogP contribution in [0, 0.1) is 0 Å². The van der Waals surface area contributed by atoms with Gasteiger partial charge in [0, 0.05) is 24.3 Å². The third kappa shape index (κ3) is 3.13. The lowest BCUT2D eigenvalue weighted by atomic mass is 10.1. The highest BCUT2D eigenvalue weighted by molar-refractivity contribution is 7.12. The lowest BCUT2D eigenvalue weighted by Gasteiger charge is -2.26. The van der Waals surface area contributed by atoms with Crippen LogP contribution in [0.4, 0.5) is 11.4 Å². The molecule has 21 heavy (non-hydrogen) atoms. The van der Waals surface area contributed by atoms with Crippen molar-refractivity contribution in [2.45, 2.75) is 19.3 Å². The monoisotopic (exact) mass is 300 g/mol. The first-order valence-corrected chi connectivity index (χ1v) is 7.87. The molecule has 108 valence electrons. The van der Waals surface area contributed by atoms with Gasteiger partial charge in [0.25, 0.3) is 5.91 Å². The summed E-state index contributed by atoms with van der Waals surface area (Å²) in [4.78, 5) is 26.3. The average Bonchev–Trinajstić information content (AvgIpc) is 3.03. The van der Waals surface area contributed by atoms with Gasteiger partial charge in [-0.25, -0.2) is 0 Å². The van der Waals surface area contributed by atoms with Crippen molar-refractivity contribution in [1.29, 1.82) is 0 Å². The maximum Gasteiger partial charge on any atom is 0.265 e. The van der Waals surface area contributed by atoms with E-state index in [0.29, 0.717) is 11.3 Å². The summed E-state index contributed by atoms with van der Waals surface area (Å²) in [5, 5.41) is 4.73. The molecule has 2 heterocycles. The molecule has 2 aromatic rings. The molecule has 0 unspecified atom stereocenters. The summed E-state index contributed by atoms with van der Waals surface area (Å²) in [5.41, 5.74) is 1.63. The number of hydrogen-bond acceptors (Lipinski definition) is 3. The number of anilines is 2. The van der Waals surface area contributed by atoms with Crippen LogP contribution >= 0.6 is 11.3 Å². The number of thiophene rings is 1. The quantitative estimate of drug-likeness (QED) is 0.943. The zero-order valence-corrected chi connectivity index (χ0v) is 12.4. The van der Waals surface area contributed by atoms with E-state index >= 15 is 0 Å². The number of nitrogens with one attached hydrogen (secondary N) is 1. The number of rotatable bonds is 3. The number of piperidine rings is 1. The Kier molecular flexibility index (Phi) is 4.01. The molecule has 1 aromatic heterocycles. The first kappa shape index (κ1) is 13.8. The molecule has 3 rings (SSSR count). The molecule has 2 amide bonds. The van der Waals surface area contributed by atoms with E-state index in [-0.39, 0.29) is 11.8 Å². The minimum absolute atomic E-state index is 0.105. The fourth-order valence-electron chi connectivity index (χ4n) is 2.40. The Hall–Kier alpha value is -2.14. The van der Waals surface area contributed by atoms with Gasteiger partial charge in [-0.3, -0.25) is 9.59 Å². The molecular weight excluding hydrogens is 284 g/mol. The van der Waals surface area contributed by atoms with Gasteiger partial charge in [0.15, 0.2) is 0 Å². The van der Waals surface area contributed by atoms with Crippen molar-refractivity contribution in [3.8, 4) is 0 Å². The molecule has 0 radical (unpaired) electrons. The molecule has 1 aliphatic heterocycles. The number of benzene rings is 1. The van der Waals surface area contributed by atoms with Crippen molar-refractivity contribution in [2.75, 3.05) is 16.8 Å². The first-order chi connectivity index (χ1) is 10.2. The standard InChI is InChI=1S/C16H16N2O2S/c19-15-5-1-2-10-18(15)13-8-6-12(7-9-13)17-16(20)14-4-3-11-21-14/h3-4,6-9,11H,1-2,5,10H2,(H,17,20). The molecule has 0 aliphatic carbocycles. The Morgan fingerprint density at radius 1 is 1.14 bits per heavy atom. The van der Waals surface area contributed by atoms with Gasteiger partial charge in [0.2, 0.25) is 5.91 Å². The molecule has 5 heteroatoms. The normalized spacial score (nSPS) is 15.0. The lowest BCUT2D eigenvalue weighted by Crippen LogP contribution is -2.35. The van der Waals surface area contributed by atoms with Crippen LogP contribution in [-0.4, -0.2) is 18.4 Å². The molecule has 0 bridgehead atoms. The van der Waals surface area contributed by atoms with E-state index in [4.69, 9.17) is 0 Å². The van der Waals surface area contributed by atoms with E-state index in [1.807, 2.05) is 40.6 Å². The van der Waals surface area contributed by atoms with Crippen molar-refractivity contribution >= 4 is 34.5 Å². The fraction of sp³-hybridized carbons (Fsp3) is 0.250. The summed E-state index contributed by atoms with van der Waals surface area (Å²) in [6.45, 7) is 0.778. The van der Waals surface area contributed by atoms with E-state index in [1.54, 1.807) is 6.07 Å². The minimum atomic E-state index is -0.105. The van der Waals surface area contributed by atoms with Gasteiger partial charge in [-0.15, -0.1) is 11.3 Å². The highest BCUT2D eigenvalue weighted by Crippen LogP contribution is 2.23. The van der Waals surface area contributed by atoms with Crippen LogP contribution in [0.2, 0.25) is 0 Å². The van der Waals surface area contributed by atoms with Gasteiger partial charge in [-0.2, -0.15) is 0 Å². The van der Waals surface area contributed by atoms with Crippen LogP contribution in [0.3, 0.4) is 0 Å². The topological polar surface area (TPSA) is 49.4 Å². The number of amides is 2. The van der Waals surface area contributed by atoms with Gasteiger partial charge in [0.05, 0.1) is 4.88 Å². The second kappa shape index (κ2) is 6.10. The number of carbonyl (C=O) groups excluding carboxylic acids is 2. The third-order valence-electron chi connectivity index (χ3n) is 3.51. The van der Waals surface area contributed by atoms with Crippen LogP contribution in [0.15, 0.2) is 41.8 Å². The maximum atomic E-state index is 11.9. The van der Waals surface area contributed by atoms with Gasteiger partial charge < -0.3 is 10.2 Å². The molecular formula is C16H16N2O2S. The molecule has 1 aromatic carbocycles. The summed E-state index contributed by atoms with van der Waals surface area (Å²) < 4.78 is 0. The van der Waals surface area contributed by atoms with Crippen molar-refractivity contribution in [3.63, 3.8) is 0 Å². The van der Waals surface area contributed by atoms with E-state index in [1.165, 1.54) is 11.3 Å². The lowest BCUT2D eigenvalue weighted by molar-refractivity contribution is -0.119. The van der Waals surface area contributed by atoms with E-state index < -0.39 is 0 Å². The predicted molar refractivity (Wildman–Crippen MR) is 84.9 cm³/mol. The number of hydrogen-bond donors (Lipinski definition) is 1. The van der Waals surface area contributed by atoms with Crippen molar-refractivity contribution in [3.05, 3.63) is 46.7 Å². The summed E-state index contributed by atoms with van der Waals surface area (Å²) >= 11 is 1.41. The van der Waals surface area contributed by atoms with Crippen LogP contribution in [-0.2, 0) is 4.79 Å². The van der Waals surface area contributed by atoms with Crippen molar-refractivity contribution in [2.24, 2.45) is 0 Å². The van der Waals surface area contributed by atoms with E-state index in [2.05, 4.69) is 5.32 Å². The predicted octanol–water partition coefficient (Wildman–Crippen LogP) is 3.52. The Morgan fingerprint density at radius 2 is 1.95 bits per heavy atom. The smallest absolute Gasteiger partial charge is 0.265 e. The second-order valence-corrected chi connectivity index (χ2v) is 5.93. The summed E-state index contributed by atoms with van der Waals surface area (Å²) in [6, 6.07) is 11.1. The highest BCUT2D eigenvalue weighted by Gasteiger charge is 2.19. The molecule has 4 nitrogen and oxygen atoms in total. The van der Waals surface area contributed by atoms with Gasteiger partial charge in [0.1, 0.15) is 0 Å². The molecule has 1 saturated heterocycles. The Balaban J connectivity index is 1.69. The van der Waals surface area contributed by atoms with Crippen LogP contribution in [0.5, 0.6) is 0 Å². The fourth-order valence-corrected chi connectivity index (χ4v) is 3.02. The molecule has 1 N–H and O–H groups in total. The average molecular weight is 300 g/mol. The van der Waals surface area contributed by atoms with Crippen molar-refractivity contribution in [1.82, 2.24) is 0 Å². The first-order valence-electron chi connectivity index (χ1n) is 6.99. The van der Waals surface area contributed by atoms with Gasteiger partial charge in [-0.1, -0.05) is 6.07 Å². The molecule has 1 fully saturated rings. The summed E-state index contributed by atoms with van der Waals surface area (Å²) in [5.74, 6) is 0.0726. The Morgan fingerprint density at radius 3 is 2.62 bits per heavy atom. The summed E-state index contributed by atoms with van der Waals surface area (Å²) in [7, 11) is 0. The molecule has 0 spiro atoms. The third-order valence-corrected chi connectivity index (χ3v) is 4.37. The van der Waals surface area contributed by atoms with E-state index in [0.717, 1.165) is 30.8 Å². The SMILES string of the molecule is O=C(Nc1ccc(N2CCCCC2=O)cc1)c1cccs1. The zero-order chi connectivity index (χ0) is 14.7. The summed E-state index contributed by atoms with van der Waals surface area (Å²) in [6.07, 6.45) is 2.64. The molecule has 1 aliphatic rings. The largest absolute Gasteiger partial charge is 0.321 e. The molecule has 0 atom stereocenters.